The molecule has 1 heterocycles. The van der Waals surface area contributed by atoms with Crippen molar-refractivity contribution in [1.29, 1.82) is 0 Å². The van der Waals surface area contributed by atoms with Crippen LogP contribution in [0.5, 0.6) is 0 Å². The second-order valence-electron chi connectivity index (χ2n) is 5.85. The molecule has 2 aromatic rings. The second kappa shape index (κ2) is 7.17. The highest BCUT2D eigenvalue weighted by molar-refractivity contribution is 5.97. The highest BCUT2D eigenvalue weighted by atomic mass is 16.2. The molecule has 5 heteroatoms. The monoisotopic (exact) mass is 323 g/mol. The number of benzene rings is 2. The molecule has 1 saturated heterocycles. The Bertz CT molecular complexity index is 730. The number of nitrogens with one attached hydrogen (secondary N) is 2. The van der Waals surface area contributed by atoms with Gasteiger partial charge < -0.3 is 15.5 Å². The van der Waals surface area contributed by atoms with E-state index in [2.05, 4.69) is 10.6 Å². The molecule has 3 rings (SSSR count). The summed E-state index contributed by atoms with van der Waals surface area (Å²) in [5.41, 5.74) is 2.76. The fourth-order valence-corrected chi connectivity index (χ4v) is 2.96. The van der Waals surface area contributed by atoms with E-state index in [0.717, 1.165) is 23.4 Å². The lowest BCUT2D eigenvalue weighted by Gasteiger charge is -2.17. The Kier molecular flexibility index (Phi) is 4.79. The van der Waals surface area contributed by atoms with Gasteiger partial charge in [0.25, 0.3) is 0 Å². The standard InChI is InChI=1S/C19H21N3O2/c1-2-14-8-6-7-11-17(14)21-19(24)20-15-12-18(23)22(13-15)16-9-4-3-5-10-16/h3-11,15H,2,12-13H2,1H3,(H2,20,21,24)/t15-/m1/s1. The number of hydrogen-bond donors (Lipinski definition) is 2. The molecule has 0 radical (unpaired) electrons. The van der Waals surface area contributed by atoms with E-state index in [9.17, 15) is 9.59 Å². The van der Waals surface area contributed by atoms with E-state index in [1.165, 1.54) is 0 Å². The van der Waals surface area contributed by atoms with E-state index in [1.807, 2.05) is 61.5 Å². The molecule has 0 unspecified atom stereocenters. The van der Waals surface area contributed by atoms with Gasteiger partial charge in [-0.1, -0.05) is 43.3 Å². The summed E-state index contributed by atoms with van der Waals surface area (Å²) < 4.78 is 0. The molecule has 5 nitrogen and oxygen atoms in total. The minimum absolute atomic E-state index is 0.0282. The van der Waals surface area contributed by atoms with Crippen molar-refractivity contribution in [3.05, 3.63) is 60.2 Å². The van der Waals surface area contributed by atoms with Crippen molar-refractivity contribution >= 4 is 23.3 Å². The first kappa shape index (κ1) is 16.1. The summed E-state index contributed by atoms with van der Waals surface area (Å²) >= 11 is 0. The first-order valence-electron chi connectivity index (χ1n) is 8.18. The zero-order valence-electron chi connectivity index (χ0n) is 13.7. The second-order valence-corrected chi connectivity index (χ2v) is 5.85. The summed E-state index contributed by atoms with van der Waals surface area (Å²) in [4.78, 5) is 26.1. The highest BCUT2D eigenvalue weighted by Crippen LogP contribution is 2.21. The molecule has 124 valence electrons. The summed E-state index contributed by atoms with van der Waals surface area (Å²) in [5, 5.41) is 5.77. The minimum atomic E-state index is -0.274. The van der Waals surface area contributed by atoms with Crippen molar-refractivity contribution in [1.82, 2.24) is 5.32 Å². The molecule has 1 aliphatic heterocycles. The maximum absolute atomic E-state index is 12.2. The number of aryl methyl sites for hydroxylation is 1. The Morgan fingerprint density at radius 3 is 2.58 bits per heavy atom. The van der Waals surface area contributed by atoms with Crippen molar-refractivity contribution in [2.24, 2.45) is 0 Å². The first-order valence-corrected chi connectivity index (χ1v) is 8.18. The van der Waals surface area contributed by atoms with E-state index in [-0.39, 0.29) is 18.0 Å². The molecule has 2 aromatic carbocycles. The molecular weight excluding hydrogens is 302 g/mol. The number of para-hydroxylation sites is 2. The predicted octanol–water partition coefficient (Wildman–Crippen LogP) is 3.18. The molecule has 1 atom stereocenters. The van der Waals surface area contributed by atoms with Gasteiger partial charge in [-0.3, -0.25) is 4.79 Å². The Hall–Kier alpha value is -2.82. The first-order chi connectivity index (χ1) is 11.7. The van der Waals surface area contributed by atoms with Crippen LogP contribution in [-0.4, -0.2) is 24.5 Å². The van der Waals surface area contributed by atoms with E-state index in [0.29, 0.717) is 13.0 Å². The van der Waals surface area contributed by atoms with Gasteiger partial charge in [-0.15, -0.1) is 0 Å². The average Bonchev–Trinajstić information content (AvgIpc) is 2.96. The maximum atomic E-state index is 12.2. The number of rotatable bonds is 4. The van der Waals surface area contributed by atoms with E-state index in [4.69, 9.17) is 0 Å². The highest BCUT2D eigenvalue weighted by Gasteiger charge is 2.31. The molecular formula is C19H21N3O2. The van der Waals surface area contributed by atoms with Crippen LogP contribution in [0.3, 0.4) is 0 Å². The van der Waals surface area contributed by atoms with E-state index >= 15 is 0 Å². The number of carbonyl (C=O) groups excluding carboxylic acids is 2. The van der Waals surface area contributed by atoms with Crippen molar-refractivity contribution < 1.29 is 9.59 Å². The third-order valence-corrected chi connectivity index (χ3v) is 4.17. The number of anilines is 2. The fraction of sp³-hybridized carbons (Fsp3) is 0.263. The van der Waals surface area contributed by atoms with Crippen LogP contribution >= 0.6 is 0 Å². The van der Waals surface area contributed by atoms with Crippen LogP contribution in [0.25, 0.3) is 0 Å². The van der Waals surface area contributed by atoms with Gasteiger partial charge in [0.15, 0.2) is 0 Å². The zero-order valence-corrected chi connectivity index (χ0v) is 13.7. The number of urea groups is 1. The van der Waals surface area contributed by atoms with Crippen LogP contribution in [-0.2, 0) is 11.2 Å². The normalized spacial score (nSPS) is 17.0. The molecule has 0 aromatic heterocycles. The predicted molar refractivity (Wildman–Crippen MR) is 95.2 cm³/mol. The zero-order chi connectivity index (χ0) is 16.9. The molecule has 0 saturated carbocycles. The lowest BCUT2D eigenvalue weighted by molar-refractivity contribution is -0.117. The molecule has 1 fully saturated rings. The minimum Gasteiger partial charge on any atom is -0.333 e. The van der Waals surface area contributed by atoms with Gasteiger partial charge >= 0.3 is 6.03 Å². The van der Waals surface area contributed by atoms with E-state index < -0.39 is 0 Å². The maximum Gasteiger partial charge on any atom is 0.319 e. The smallest absolute Gasteiger partial charge is 0.319 e. The van der Waals surface area contributed by atoms with Crippen LogP contribution in [0.4, 0.5) is 16.2 Å². The molecule has 0 bridgehead atoms. The number of nitrogens with zero attached hydrogens (tertiary/aromatic N) is 1. The molecule has 0 aliphatic carbocycles. The van der Waals surface area contributed by atoms with Gasteiger partial charge in [-0.25, -0.2) is 4.79 Å². The summed E-state index contributed by atoms with van der Waals surface area (Å²) in [6.07, 6.45) is 1.16. The molecule has 24 heavy (non-hydrogen) atoms. The Morgan fingerprint density at radius 1 is 1.12 bits per heavy atom. The van der Waals surface area contributed by atoms with Crippen LogP contribution < -0.4 is 15.5 Å². The van der Waals surface area contributed by atoms with Gasteiger partial charge in [0.2, 0.25) is 5.91 Å². The average molecular weight is 323 g/mol. The van der Waals surface area contributed by atoms with Gasteiger partial charge in [-0.05, 0) is 30.2 Å². The fourth-order valence-electron chi connectivity index (χ4n) is 2.96. The quantitative estimate of drug-likeness (QED) is 0.908. The SMILES string of the molecule is CCc1ccccc1NC(=O)N[C@@H]1CC(=O)N(c2ccccc2)C1. The summed E-state index contributed by atoms with van der Waals surface area (Å²) in [6.45, 7) is 2.54. The topological polar surface area (TPSA) is 61.4 Å². The summed E-state index contributed by atoms with van der Waals surface area (Å²) in [6, 6.07) is 16.8. The van der Waals surface area contributed by atoms with Gasteiger partial charge in [0, 0.05) is 24.3 Å². The summed E-state index contributed by atoms with van der Waals surface area (Å²) in [5.74, 6) is 0.0282. The van der Waals surface area contributed by atoms with Crippen molar-refractivity contribution in [2.75, 3.05) is 16.8 Å². The largest absolute Gasteiger partial charge is 0.333 e. The molecule has 2 N–H and O–H groups in total. The number of amides is 3. The van der Waals surface area contributed by atoms with Crippen LogP contribution in [0, 0.1) is 0 Å². The Morgan fingerprint density at radius 2 is 1.83 bits per heavy atom. The third kappa shape index (κ3) is 3.56. The van der Waals surface area contributed by atoms with Crippen LogP contribution in [0.2, 0.25) is 0 Å². The number of carbonyl (C=O) groups is 2. The lowest BCUT2D eigenvalue weighted by Crippen LogP contribution is -2.39. The Labute approximate surface area is 141 Å². The number of hydrogen-bond acceptors (Lipinski definition) is 2. The molecule has 0 spiro atoms. The van der Waals surface area contributed by atoms with Crippen molar-refractivity contribution in [2.45, 2.75) is 25.8 Å². The lowest BCUT2D eigenvalue weighted by atomic mass is 10.1. The van der Waals surface area contributed by atoms with Crippen LogP contribution in [0.15, 0.2) is 54.6 Å². The Balaban J connectivity index is 1.61. The van der Waals surface area contributed by atoms with Gasteiger partial charge in [-0.2, -0.15) is 0 Å². The van der Waals surface area contributed by atoms with Crippen molar-refractivity contribution in [3.63, 3.8) is 0 Å². The molecule has 3 amide bonds. The van der Waals surface area contributed by atoms with Crippen molar-refractivity contribution in [3.8, 4) is 0 Å². The van der Waals surface area contributed by atoms with Gasteiger partial charge in [0.1, 0.15) is 0 Å². The van der Waals surface area contributed by atoms with Crippen LogP contribution in [0.1, 0.15) is 18.9 Å². The summed E-state index contributed by atoms with van der Waals surface area (Å²) in [7, 11) is 0. The third-order valence-electron chi connectivity index (χ3n) is 4.17. The van der Waals surface area contributed by atoms with Gasteiger partial charge in [0.05, 0.1) is 6.04 Å². The molecule has 1 aliphatic rings. The van der Waals surface area contributed by atoms with E-state index in [1.54, 1.807) is 4.90 Å².